The smallest absolute Gasteiger partial charge is 0.269 e. The van der Waals surface area contributed by atoms with Gasteiger partial charge in [0.15, 0.2) is 0 Å². The molecule has 1 aliphatic heterocycles. The third-order valence-corrected chi connectivity index (χ3v) is 8.46. The molecule has 0 radical (unpaired) electrons. The zero-order valence-electron chi connectivity index (χ0n) is 22.3. The van der Waals surface area contributed by atoms with Crippen molar-refractivity contribution >= 4 is 27.7 Å². The van der Waals surface area contributed by atoms with Crippen molar-refractivity contribution in [3.8, 4) is 0 Å². The van der Waals surface area contributed by atoms with Crippen molar-refractivity contribution in [3.63, 3.8) is 0 Å². The molecule has 1 N–H and O–H groups in total. The Kier molecular flexibility index (Phi) is 8.50. The molecule has 9 heteroatoms. The number of benzene rings is 3. The molecule has 204 valence electrons. The summed E-state index contributed by atoms with van der Waals surface area (Å²) in [5.74, 6) is -1.37. The number of amides is 3. The van der Waals surface area contributed by atoms with Crippen LogP contribution in [0.3, 0.4) is 0 Å². The predicted molar refractivity (Wildman–Crippen MR) is 148 cm³/mol. The summed E-state index contributed by atoms with van der Waals surface area (Å²) in [6.45, 7) is 5.51. The highest BCUT2D eigenvalue weighted by molar-refractivity contribution is 7.90. The van der Waals surface area contributed by atoms with Crippen LogP contribution in [-0.4, -0.2) is 54.0 Å². The number of nitrogens with one attached hydrogen (secondary N) is 1. The first-order chi connectivity index (χ1) is 18.6. The number of carbonyl (C=O) groups is 3. The van der Waals surface area contributed by atoms with E-state index >= 15 is 0 Å². The summed E-state index contributed by atoms with van der Waals surface area (Å²) >= 11 is 0. The van der Waals surface area contributed by atoms with Gasteiger partial charge in [0.05, 0.1) is 5.56 Å². The maximum atomic E-state index is 13.8. The lowest BCUT2D eigenvalue weighted by Crippen LogP contribution is -2.52. The van der Waals surface area contributed by atoms with Crippen LogP contribution in [0.5, 0.6) is 0 Å². The Morgan fingerprint density at radius 1 is 0.897 bits per heavy atom. The van der Waals surface area contributed by atoms with E-state index in [1.165, 1.54) is 17.0 Å². The fourth-order valence-electron chi connectivity index (χ4n) is 4.62. The Hall–Kier alpha value is -3.98. The van der Waals surface area contributed by atoms with Crippen LogP contribution in [0.1, 0.15) is 47.3 Å². The monoisotopic (exact) mass is 547 g/mol. The maximum Gasteiger partial charge on any atom is 0.269 e. The molecule has 1 unspecified atom stereocenters. The van der Waals surface area contributed by atoms with E-state index in [4.69, 9.17) is 0 Å². The minimum absolute atomic E-state index is 0.0581. The lowest BCUT2D eigenvalue weighted by molar-refractivity contribution is -0.141. The van der Waals surface area contributed by atoms with E-state index in [0.717, 1.165) is 21.0 Å². The summed E-state index contributed by atoms with van der Waals surface area (Å²) < 4.78 is 26.8. The molecule has 0 saturated carbocycles. The van der Waals surface area contributed by atoms with Crippen molar-refractivity contribution in [1.29, 1.82) is 0 Å². The topological polar surface area (TPSA) is 104 Å². The lowest BCUT2D eigenvalue weighted by atomic mass is 10.0. The molecule has 39 heavy (non-hydrogen) atoms. The molecule has 8 nitrogen and oxygen atoms in total. The van der Waals surface area contributed by atoms with E-state index in [-0.39, 0.29) is 48.3 Å². The Balaban J connectivity index is 1.63. The molecule has 3 aromatic rings. The molecular weight excluding hydrogens is 514 g/mol. The normalized spacial score (nSPS) is 14.7. The molecular formula is C30H33N3O5S. The minimum Gasteiger partial charge on any atom is -0.352 e. The van der Waals surface area contributed by atoms with Crippen LogP contribution in [0.25, 0.3) is 0 Å². The third kappa shape index (κ3) is 6.37. The molecule has 0 bridgehead atoms. The van der Waals surface area contributed by atoms with E-state index in [9.17, 15) is 22.8 Å². The van der Waals surface area contributed by atoms with Crippen molar-refractivity contribution < 1.29 is 22.8 Å². The van der Waals surface area contributed by atoms with Crippen LogP contribution < -0.4 is 5.32 Å². The summed E-state index contributed by atoms with van der Waals surface area (Å²) in [6.07, 6.45) is 0.0223. The Morgan fingerprint density at radius 2 is 1.54 bits per heavy atom. The molecule has 0 fully saturated rings. The predicted octanol–water partition coefficient (Wildman–Crippen LogP) is 3.69. The van der Waals surface area contributed by atoms with Crippen LogP contribution in [-0.2, 0) is 32.6 Å². The number of carbonyl (C=O) groups excluding carboxylic acids is 3. The van der Waals surface area contributed by atoms with Crippen LogP contribution >= 0.6 is 0 Å². The minimum atomic E-state index is -4.05. The standard InChI is InChI=1S/C30H33N3O5S/c1-21(2)31-29(35)26(19-23-9-5-4-6-10-23)32(20-24-15-13-22(3)14-16-24)28(34)17-18-33-30(36)25-11-7-8-12-27(25)39(33,37)38/h4-16,21,26H,17-20H2,1-3H3,(H,31,35). The van der Waals surface area contributed by atoms with Gasteiger partial charge >= 0.3 is 0 Å². The average Bonchev–Trinajstić information content (AvgIpc) is 3.10. The summed E-state index contributed by atoms with van der Waals surface area (Å²) in [4.78, 5) is 41.6. The Labute approximate surface area is 229 Å². The lowest BCUT2D eigenvalue weighted by Gasteiger charge is -2.32. The van der Waals surface area contributed by atoms with Gasteiger partial charge in [-0.15, -0.1) is 0 Å². The van der Waals surface area contributed by atoms with Gasteiger partial charge in [-0.3, -0.25) is 14.4 Å². The second-order valence-corrected chi connectivity index (χ2v) is 11.8. The van der Waals surface area contributed by atoms with E-state index in [1.807, 2.05) is 75.4 Å². The van der Waals surface area contributed by atoms with Crippen molar-refractivity contribution in [1.82, 2.24) is 14.5 Å². The number of rotatable bonds is 10. The van der Waals surface area contributed by atoms with E-state index in [2.05, 4.69) is 5.32 Å². The number of nitrogens with zero attached hydrogens (tertiary/aromatic N) is 2. The van der Waals surface area contributed by atoms with E-state index in [1.54, 1.807) is 12.1 Å². The van der Waals surface area contributed by atoms with E-state index < -0.39 is 27.9 Å². The van der Waals surface area contributed by atoms with Gasteiger partial charge in [0.1, 0.15) is 10.9 Å². The first-order valence-corrected chi connectivity index (χ1v) is 14.4. The second kappa shape index (κ2) is 11.8. The van der Waals surface area contributed by atoms with Crippen LogP contribution in [0.4, 0.5) is 0 Å². The highest BCUT2D eigenvalue weighted by Gasteiger charge is 2.41. The number of hydrogen-bond acceptors (Lipinski definition) is 5. The average molecular weight is 548 g/mol. The molecule has 1 atom stereocenters. The molecule has 0 aromatic heterocycles. The first-order valence-electron chi connectivity index (χ1n) is 12.9. The van der Waals surface area contributed by atoms with Gasteiger partial charge in [0.25, 0.3) is 15.9 Å². The summed E-state index contributed by atoms with van der Waals surface area (Å²) in [5, 5.41) is 2.93. The second-order valence-electron chi connectivity index (χ2n) is 10.0. The summed E-state index contributed by atoms with van der Waals surface area (Å²) in [5.41, 5.74) is 2.88. The summed E-state index contributed by atoms with van der Waals surface area (Å²) in [6, 6.07) is 22.1. The van der Waals surface area contributed by atoms with Gasteiger partial charge in [0.2, 0.25) is 11.8 Å². The third-order valence-electron chi connectivity index (χ3n) is 6.62. The van der Waals surface area contributed by atoms with Crippen LogP contribution in [0, 0.1) is 6.92 Å². The fraction of sp³-hybridized carbons (Fsp3) is 0.300. The quantitative estimate of drug-likeness (QED) is 0.417. The largest absolute Gasteiger partial charge is 0.352 e. The first kappa shape index (κ1) is 28.0. The highest BCUT2D eigenvalue weighted by Crippen LogP contribution is 2.30. The van der Waals surface area contributed by atoms with Crippen molar-refractivity contribution in [3.05, 3.63) is 101 Å². The van der Waals surface area contributed by atoms with E-state index in [0.29, 0.717) is 0 Å². The number of hydrogen-bond donors (Lipinski definition) is 1. The van der Waals surface area contributed by atoms with Gasteiger partial charge in [0, 0.05) is 32.0 Å². The molecule has 0 spiro atoms. The molecule has 1 aliphatic rings. The zero-order valence-corrected chi connectivity index (χ0v) is 23.1. The zero-order chi connectivity index (χ0) is 28.2. The molecule has 3 aromatic carbocycles. The molecule has 0 aliphatic carbocycles. The molecule has 4 rings (SSSR count). The van der Waals surface area contributed by atoms with Gasteiger partial charge in [-0.05, 0) is 44.0 Å². The number of fused-ring (bicyclic) bond motifs is 1. The van der Waals surface area contributed by atoms with Gasteiger partial charge < -0.3 is 10.2 Å². The number of sulfonamides is 1. The van der Waals surface area contributed by atoms with Gasteiger partial charge in [-0.2, -0.15) is 0 Å². The molecule has 0 saturated heterocycles. The highest BCUT2D eigenvalue weighted by atomic mass is 32.2. The Bertz CT molecular complexity index is 1450. The van der Waals surface area contributed by atoms with Gasteiger partial charge in [-0.25, -0.2) is 12.7 Å². The Morgan fingerprint density at radius 3 is 2.18 bits per heavy atom. The van der Waals surface area contributed by atoms with Crippen LogP contribution in [0.15, 0.2) is 83.8 Å². The van der Waals surface area contributed by atoms with Gasteiger partial charge in [-0.1, -0.05) is 72.3 Å². The molecule has 3 amide bonds. The van der Waals surface area contributed by atoms with Crippen LogP contribution in [0.2, 0.25) is 0 Å². The fourth-order valence-corrected chi connectivity index (χ4v) is 6.19. The summed E-state index contributed by atoms with van der Waals surface area (Å²) in [7, 11) is -4.05. The van der Waals surface area contributed by atoms with Crippen molar-refractivity contribution in [2.75, 3.05) is 6.54 Å². The number of aryl methyl sites for hydroxylation is 1. The maximum absolute atomic E-state index is 13.8. The SMILES string of the molecule is Cc1ccc(CN(C(=O)CCN2C(=O)c3ccccc3S2(=O)=O)C(Cc2ccccc2)C(=O)NC(C)C)cc1. The molecule has 1 heterocycles. The van der Waals surface area contributed by atoms with Crippen molar-refractivity contribution in [2.45, 2.75) is 57.1 Å². The van der Waals surface area contributed by atoms with Crippen molar-refractivity contribution in [2.24, 2.45) is 0 Å².